The van der Waals surface area contributed by atoms with E-state index < -0.39 is 0 Å². The maximum atomic E-state index is 4.75. The van der Waals surface area contributed by atoms with E-state index in [0.29, 0.717) is 6.04 Å². The molecule has 1 saturated heterocycles. The predicted octanol–water partition coefficient (Wildman–Crippen LogP) is 5.06. The van der Waals surface area contributed by atoms with Gasteiger partial charge in [-0.2, -0.15) is 0 Å². The lowest BCUT2D eigenvalue weighted by Crippen LogP contribution is -2.17. The molecule has 1 aliphatic carbocycles. The minimum Gasteiger partial charge on any atom is -0.372 e. The fourth-order valence-corrected chi connectivity index (χ4v) is 3.62. The molecule has 142 valence electrons. The van der Waals surface area contributed by atoms with Crippen molar-refractivity contribution in [2.75, 3.05) is 28.6 Å². The highest BCUT2D eigenvalue weighted by Crippen LogP contribution is 2.28. The van der Waals surface area contributed by atoms with Crippen molar-refractivity contribution in [3.05, 3.63) is 60.7 Å². The van der Waals surface area contributed by atoms with E-state index in [-0.39, 0.29) is 0 Å². The highest BCUT2D eigenvalue weighted by Gasteiger charge is 2.22. The van der Waals surface area contributed by atoms with E-state index in [2.05, 4.69) is 39.8 Å². The van der Waals surface area contributed by atoms with E-state index in [1.807, 2.05) is 36.4 Å². The number of nitrogens with zero attached hydrogens (tertiary/aromatic N) is 3. The molecule has 2 N–H and O–H groups in total. The molecule has 2 fully saturated rings. The lowest BCUT2D eigenvalue weighted by Gasteiger charge is -2.18. The zero-order valence-electron chi connectivity index (χ0n) is 15.9. The summed E-state index contributed by atoms with van der Waals surface area (Å²) >= 11 is 0. The Morgan fingerprint density at radius 1 is 0.821 bits per heavy atom. The second-order valence-electron chi connectivity index (χ2n) is 7.61. The van der Waals surface area contributed by atoms with E-state index >= 15 is 0 Å². The molecule has 2 aromatic carbocycles. The second-order valence-corrected chi connectivity index (χ2v) is 7.61. The Bertz CT molecular complexity index is 929. The van der Waals surface area contributed by atoms with Gasteiger partial charge in [0.2, 0.25) is 0 Å². The van der Waals surface area contributed by atoms with Crippen LogP contribution in [-0.2, 0) is 0 Å². The van der Waals surface area contributed by atoms with Gasteiger partial charge in [0.1, 0.15) is 11.6 Å². The summed E-state index contributed by atoms with van der Waals surface area (Å²) in [5, 5.41) is 6.96. The molecule has 28 heavy (non-hydrogen) atoms. The van der Waals surface area contributed by atoms with Crippen molar-refractivity contribution in [3.63, 3.8) is 0 Å². The minimum atomic E-state index is 0.547. The molecular formula is C23H25N5. The molecule has 0 spiro atoms. The smallest absolute Gasteiger partial charge is 0.163 e. The Morgan fingerprint density at radius 2 is 1.54 bits per heavy atom. The van der Waals surface area contributed by atoms with Gasteiger partial charge in [0, 0.05) is 42.1 Å². The Hall–Kier alpha value is -3.08. The highest BCUT2D eigenvalue weighted by molar-refractivity contribution is 5.66. The largest absolute Gasteiger partial charge is 0.372 e. The number of benzene rings is 2. The predicted molar refractivity (Wildman–Crippen MR) is 115 cm³/mol. The Morgan fingerprint density at radius 3 is 2.25 bits per heavy atom. The van der Waals surface area contributed by atoms with Gasteiger partial charge in [-0.05, 0) is 49.9 Å². The van der Waals surface area contributed by atoms with Crippen molar-refractivity contribution in [2.24, 2.45) is 0 Å². The molecule has 0 unspecified atom stereocenters. The molecule has 3 aromatic rings. The molecular weight excluding hydrogens is 346 g/mol. The zero-order valence-corrected chi connectivity index (χ0v) is 15.9. The molecule has 5 nitrogen and oxygen atoms in total. The second kappa shape index (κ2) is 7.50. The SMILES string of the molecule is c1ccc(-c2nc(Nc3ccc(N4CCCC4)cc3)cc(NC3CC3)n2)cc1. The number of hydrogen-bond acceptors (Lipinski definition) is 5. The van der Waals surface area contributed by atoms with E-state index in [1.165, 1.54) is 31.4 Å². The van der Waals surface area contributed by atoms with Gasteiger partial charge in [-0.1, -0.05) is 30.3 Å². The van der Waals surface area contributed by atoms with Crippen molar-refractivity contribution >= 4 is 23.0 Å². The van der Waals surface area contributed by atoms with Gasteiger partial charge in [0.15, 0.2) is 5.82 Å². The summed E-state index contributed by atoms with van der Waals surface area (Å²) < 4.78 is 0. The Kier molecular flexibility index (Phi) is 4.57. The van der Waals surface area contributed by atoms with Crippen LogP contribution in [0.25, 0.3) is 11.4 Å². The summed E-state index contributed by atoms with van der Waals surface area (Å²) in [5.41, 5.74) is 3.36. The van der Waals surface area contributed by atoms with E-state index in [0.717, 1.165) is 41.8 Å². The first kappa shape index (κ1) is 17.0. The van der Waals surface area contributed by atoms with Crippen LogP contribution in [0.1, 0.15) is 25.7 Å². The molecule has 0 amide bonds. The summed E-state index contributed by atoms with van der Waals surface area (Å²) in [7, 11) is 0. The highest BCUT2D eigenvalue weighted by atomic mass is 15.1. The summed E-state index contributed by atoms with van der Waals surface area (Å²) in [6.07, 6.45) is 5.01. The average Bonchev–Trinajstić information content (AvgIpc) is 3.37. The number of rotatable bonds is 6. The van der Waals surface area contributed by atoms with Crippen LogP contribution in [0.5, 0.6) is 0 Å². The third kappa shape index (κ3) is 3.93. The Balaban J connectivity index is 1.40. The molecule has 0 atom stereocenters. The van der Waals surface area contributed by atoms with Gasteiger partial charge >= 0.3 is 0 Å². The molecule has 2 heterocycles. The quantitative estimate of drug-likeness (QED) is 0.634. The third-order valence-electron chi connectivity index (χ3n) is 5.30. The summed E-state index contributed by atoms with van der Waals surface area (Å²) in [6, 6.07) is 21.3. The van der Waals surface area contributed by atoms with Crippen LogP contribution in [0, 0.1) is 0 Å². The van der Waals surface area contributed by atoms with Crippen molar-refractivity contribution < 1.29 is 0 Å². The number of nitrogens with one attached hydrogen (secondary N) is 2. The minimum absolute atomic E-state index is 0.547. The van der Waals surface area contributed by atoms with Gasteiger partial charge in [-0.15, -0.1) is 0 Å². The number of anilines is 4. The van der Waals surface area contributed by atoms with Gasteiger partial charge in [-0.3, -0.25) is 0 Å². The fraction of sp³-hybridized carbons (Fsp3) is 0.304. The molecule has 0 radical (unpaired) electrons. The molecule has 5 rings (SSSR count). The first-order valence-electron chi connectivity index (χ1n) is 10.2. The van der Waals surface area contributed by atoms with Crippen molar-refractivity contribution in [2.45, 2.75) is 31.7 Å². The van der Waals surface area contributed by atoms with Crippen molar-refractivity contribution in [3.8, 4) is 11.4 Å². The van der Waals surface area contributed by atoms with Crippen LogP contribution < -0.4 is 15.5 Å². The standard InChI is InChI=1S/C23H25N5/c1-2-6-17(7-3-1)23-26-21(24-18-8-9-18)16-22(27-23)25-19-10-12-20(13-11-19)28-14-4-5-15-28/h1-3,6-7,10-13,16,18H,4-5,8-9,14-15H2,(H2,24,25,26,27). The first-order valence-corrected chi connectivity index (χ1v) is 10.2. The lowest BCUT2D eigenvalue weighted by molar-refractivity contribution is 0.949. The normalized spacial score (nSPS) is 16.2. The first-order chi connectivity index (χ1) is 13.8. The number of aromatic nitrogens is 2. The van der Waals surface area contributed by atoms with Gasteiger partial charge in [0.25, 0.3) is 0 Å². The van der Waals surface area contributed by atoms with Crippen LogP contribution >= 0.6 is 0 Å². The topological polar surface area (TPSA) is 53.1 Å². The van der Waals surface area contributed by atoms with Crippen LogP contribution in [0.3, 0.4) is 0 Å². The zero-order chi connectivity index (χ0) is 18.8. The molecule has 1 saturated carbocycles. The average molecular weight is 371 g/mol. The maximum absolute atomic E-state index is 4.75. The van der Waals surface area contributed by atoms with E-state index in [9.17, 15) is 0 Å². The van der Waals surface area contributed by atoms with Crippen LogP contribution in [0.15, 0.2) is 60.7 Å². The molecule has 0 bridgehead atoms. The van der Waals surface area contributed by atoms with Crippen LogP contribution in [-0.4, -0.2) is 29.1 Å². The van der Waals surface area contributed by atoms with E-state index in [1.54, 1.807) is 0 Å². The van der Waals surface area contributed by atoms with Gasteiger partial charge in [0.05, 0.1) is 0 Å². The lowest BCUT2D eigenvalue weighted by atomic mass is 10.2. The Labute approximate surface area is 165 Å². The summed E-state index contributed by atoms with van der Waals surface area (Å²) in [6.45, 7) is 2.32. The molecule has 1 aliphatic heterocycles. The monoisotopic (exact) mass is 371 g/mol. The third-order valence-corrected chi connectivity index (χ3v) is 5.30. The molecule has 1 aromatic heterocycles. The van der Waals surface area contributed by atoms with Crippen molar-refractivity contribution in [1.29, 1.82) is 0 Å². The van der Waals surface area contributed by atoms with Crippen molar-refractivity contribution in [1.82, 2.24) is 9.97 Å². The van der Waals surface area contributed by atoms with Gasteiger partial charge in [-0.25, -0.2) is 9.97 Å². The van der Waals surface area contributed by atoms with E-state index in [4.69, 9.17) is 9.97 Å². The maximum Gasteiger partial charge on any atom is 0.163 e. The fourth-order valence-electron chi connectivity index (χ4n) is 3.62. The van der Waals surface area contributed by atoms with Gasteiger partial charge < -0.3 is 15.5 Å². The summed E-state index contributed by atoms with van der Waals surface area (Å²) in [4.78, 5) is 11.9. The number of hydrogen-bond donors (Lipinski definition) is 2. The summed E-state index contributed by atoms with van der Waals surface area (Å²) in [5.74, 6) is 2.43. The molecule has 2 aliphatic rings. The van der Waals surface area contributed by atoms with Crippen LogP contribution in [0.4, 0.5) is 23.0 Å². The molecule has 5 heteroatoms. The van der Waals surface area contributed by atoms with Crippen LogP contribution in [0.2, 0.25) is 0 Å².